The lowest BCUT2D eigenvalue weighted by atomic mass is 9.92. The maximum Gasteiger partial charge on any atom is 0.0343 e. The Bertz CT molecular complexity index is 507. The number of hydrogen-bond acceptors (Lipinski definition) is 0. The Morgan fingerprint density at radius 3 is 2.68 bits per heavy atom. The summed E-state index contributed by atoms with van der Waals surface area (Å²) in [4.78, 5) is 0. The topological polar surface area (TPSA) is 0 Å². The van der Waals surface area contributed by atoms with Crippen LogP contribution in [-0.2, 0) is 12.8 Å². The molecule has 0 saturated carbocycles. The molecule has 0 aliphatic carbocycles. The third kappa shape index (κ3) is 4.45. The summed E-state index contributed by atoms with van der Waals surface area (Å²) >= 11 is 0. The zero-order valence-corrected chi connectivity index (χ0v) is 12.4. The van der Waals surface area contributed by atoms with E-state index >= 15 is 0 Å². The largest absolute Gasteiger partial charge is 0.0988 e. The molecule has 0 radical (unpaired) electrons. The average molecular weight is 252 g/mol. The van der Waals surface area contributed by atoms with Crippen LogP contribution in [0.4, 0.5) is 0 Å². The van der Waals surface area contributed by atoms with Gasteiger partial charge >= 0.3 is 0 Å². The van der Waals surface area contributed by atoms with Gasteiger partial charge in [0.15, 0.2) is 0 Å². The van der Waals surface area contributed by atoms with Gasteiger partial charge in [-0.1, -0.05) is 62.1 Å². The zero-order valence-electron chi connectivity index (χ0n) is 12.4. The van der Waals surface area contributed by atoms with Gasteiger partial charge in [-0.3, -0.25) is 0 Å². The predicted octanol–water partition coefficient (Wildman–Crippen LogP) is 5.10. The van der Waals surface area contributed by atoms with E-state index in [-0.39, 0.29) is 0 Å². The Balaban J connectivity index is 2.98. The summed E-state index contributed by atoms with van der Waals surface area (Å²) in [5.41, 5.74) is 5.40. The van der Waals surface area contributed by atoms with Crippen molar-refractivity contribution in [3.05, 3.63) is 53.1 Å². The van der Waals surface area contributed by atoms with E-state index in [0.29, 0.717) is 0 Å². The lowest BCUT2D eigenvalue weighted by Gasteiger charge is -2.13. The molecule has 0 heterocycles. The van der Waals surface area contributed by atoms with E-state index in [4.69, 9.17) is 0 Å². The highest BCUT2D eigenvalue weighted by molar-refractivity contribution is 5.59. The monoisotopic (exact) mass is 252 g/mol. The summed E-state index contributed by atoms with van der Waals surface area (Å²) < 4.78 is 0. The van der Waals surface area contributed by atoms with Gasteiger partial charge in [-0.25, -0.2) is 0 Å². The molecule has 1 rings (SSSR count). The third-order valence-electron chi connectivity index (χ3n) is 3.24. The molecule has 0 fully saturated rings. The van der Waals surface area contributed by atoms with Crippen LogP contribution in [0.25, 0.3) is 6.08 Å². The first-order valence-electron chi connectivity index (χ1n) is 7.05. The SMILES string of the molecule is C=Cc1c(C)ccc(CC#CC/C=C\C)c1CCC. The van der Waals surface area contributed by atoms with Crippen LogP contribution >= 0.6 is 0 Å². The summed E-state index contributed by atoms with van der Waals surface area (Å²) in [7, 11) is 0. The van der Waals surface area contributed by atoms with Crippen molar-refractivity contribution >= 4 is 6.08 Å². The van der Waals surface area contributed by atoms with E-state index in [1.807, 2.05) is 19.1 Å². The van der Waals surface area contributed by atoms with Crippen molar-refractivity contribution in [2.75, 3.05) is 0 Å². The molecular formula is C19H24. The molecule has 0 aromatic heterocycles. The molecule has 1 aromatic carbocycles. The van der Waals surface area contributed by atoms with E-state index in [0.717, 1.165) is 25.7 Å². The summed E-state index contributed by atoms with van der Waals surface area (Å²) in [6.45, 7) is 10.3. The fraction of sp³-hybridized carbons (Fsp3) is 0.368. The van der Waals surface area contributed by atoms with Crippen LogP contribution in [0.3, 0.4) is 0 Å². The van der Waals surface area contributed by atoms with Gasteiger partial charge < -0.3 is 0 Å². The number of hydrogen-bond donors (Lipinski definition) is 0. The number of aryl methyl sites for hydroxylation is 1. The van der Waals surface area contributed by atoms with Crippen molar-refractivity contribution in [1.82, 2.24) is 0 Å². The molecule has 0 aliphatic heterocycles. The summed E-state index contributed by atoms with van der Waals surface area (Å²) in [6, 6.07) is 4.40. The number of allylic oxidation sites excluding steroid dienone is 2. The summed E-state index contributed by atoms with van der Waals surface area (Å²) in [5, 5.41) is 0. The van der Waals surface area contributed by atoms with Gasteiger partial charge in [-0.05, 0) is 42.5 Å². The second-order valence-electron chi connectivity index (χ2n) is 4.69. The summed E-state index contributed by atoms with van der Waals surface area (Å²) in [6.07, 6.45) is 10.1. The van der Waals surface area contributed by atoms with Crippen LogP contribution in [0.15, 0.2) is 30.9 Å². The Morgan fingerprint density at radius 1 is 1.26 bits per heavy atom. The van der Waals surface area contributed by atoms with Crippen LogP contribution in [0.1, 0.15) is 48.9 Å². The Hall–Kier alpha value is -1.74. The first kappa shape index (κ1) is 15.3. The van der Waals surface area contributed by atoms with Gasteiger partial charge in [-0.2, -0.15) is 0 Å². The van der Waals surface area contributed by atoms with Crippen molar-refractivity contribution < 1.29 is 0 Å². The fourth-order valence-electron chi connectivity index (χ4n) is 2.23. The standard InChI is InChI=1S/C19H24/c1-5-8-9-10-11-13-17-15-14-16(4)18(7-3)19(17)12-6-2/h5,7-8,14-15H,3,6,9,12-13H2,1-2,4H3/b8-5-. The fourth-order valence-corrected chi connectivity index (χ4v) is 2.23. The number of rotatable bonds is 5. The van der Waals surface area contributed by atoms with E-state index in [2.05, 4.69) is 50.5 Å². The quantitative estimate of drug-likeness (QED) is 0.505. The molecule has 0 spiro atoms. The van der Waals surface area contributed by atoms with Crippen molar-refractivity contribution in [1.29, 1.82) is 0 Å². The first-order valence-corrected chi connectivity index (χ1v) is 7.05. The average Bonchev–Trinajstić information content (AvgIpc) is 2.41. The highest BCUT2D eigenvalue weighted by Crippen LogP contribution is 2.22. The van der Waals surface area contributed by atoms with Crippen molar-refractivity contribution in [2.45, 2.75) is 46.5 Å². The van der Waals surface area contributed by atoms with E-state index in [1.165, 1.54) is 22.3 Å². The van der Waals surface area contributed by atoms with Gasteiger partial charge in [0, 0.05) is 12.8 Å². The van der Waals surface area contributed by atoms with Gasteiger partial charge in [0.2, 0.25) is 0 Å². The van der Waals surface area contributed by atoms with Gasteiger partial charge in [0.25, 0.3) is 0 Å². The molecule has 0 atom stereocenters. The van der Waals surface area contributed by atoms with E-state index in [1.54, 1.807) is 0 Å². The van der Waals surface area contributed by atoms with Crippen LogP contribution in [-0.4, -0.2) is 0 Å². The van der Waals surface area contributed by atoms with Crippen LogP contribution in [0.5, 0.6) is 0 Å². The molecule has 0 nitrogen and oxygen atoms in total. The molecule has 0 saturated heterocycles. The van der Waals surface area contributed by atoms with Crippen LogP contribution in [0.2, 0.25) is 0 Å². The normalized spacial score (nSPS) is 10.3. The molecule has 1 aromatic rings. The second kappa shape index (κ2) is 8.38. The third-order valence-corrected chi connectivity index (χ3v) is 3.24. The lowest BCUT2D eigenvalue weighted by Crippen LogP contribution is -1.99. The predicted molar refractivity (Wildman–Crippen MR) is 86.2 cm³/mol. The minimum absolute atomic E-state index is 0.841. The maximum absolute atomic E-state index is 3.95. The van der Waals surface area contributed by atoms with E-state index in [9.17, 15) is 0 Å². The highest BCUT2D eigenvalue weighted by Gasteiger charge is 2.07. The first-order chi connectivity index (χ1) is 9.24. The Kier molecular flexibility index (Phi) is 6.75. The highest BCUT2D eigenvalue weighted by atomic mass is 14.1. The number of benzene rings is 1. The smallest absolute Gasteiger partial charge is 0.0343 e. The lowest BCUT2D eigenvalue weighted by molar-refractivity contribution is 0.903. The molecule has 0 amide bonds. The molecule has 0 N–H and O–H groups in total. The maximum atomic E-state index is 3.95. The molecule has 0 bridgehead atoms. The minimum atomic E-state index is 0.841. The summed E-state index contributed by atoms with van der Waals surface area (Å²) in [5.74, 6) is 6.46. The van der Waals surface area contributed by atoms with Crippen molar-refractivity contribution in [2.24, 2.45) is 0 Å². The van der Waals surface area contributed by atoms with Crippen molar-refractivity contribution in [3.8, 4) is 11.8 Å². The molecule has 0 heteroatoms. The molecule has 100 valence electrons. The Morgan fingerprint density at radius 2 is 2.05 bits per heavy atom. The van der Waals surface area contributed by atoms with Gasteiger partial charge in [0.05, 0.1) is 0 Å². The van der Waals surface area contributed by atoms with Gasteiger partial charge in [-0.15, -0.1) is 0 Å². The zero-order chi connectivity index (χ0) is 14.1. The van der Waals surface area contributed by atoms with Crippen LogP contribution in [0, 0.1) is 18.8 Å². The molecule has 19 heavy (non-hydrogen) atoms. The van der Waals surface area contributed by atoms with Gasteiger partial charge in [0.1, 0.15) is 0 Å². The van der Waals surface area contributed by atoms with E-state index < -0.39 is 0 Å². The Labute approximate surface area is 118 Å². The minimum Gasteiger partial charge on any atom is -0.0988 e. The van der Waals surface area contributed by atoms with Crippen LogP contribution < -0.4 is 0 Å². The molecular weight excluding hydrogens is 228 g/mol. The molecule has 0 unspecified atom stereocenters. The second-order valence-corrected chi connectivity index (χ2v) is 4.69. The molecule has 0 aliphatic rings. The van der Waals surface area contributed by atoms with Crippen molar-refractivity contribution in [3.63, 3.8) is 0 Å².